The van der Waals surface area contributed by atoms with Crippen LogP contribution < -0.4 is 20.6 Å². The maximum Gasteiger partial charge on any atom is 0.573 e. The van der Waals surface area contributed by atoms with Crippen molar-refractivity contribution in [3.05, 3.63) is 48.5 Å². The highest BCUT2D eigenvalue weighted by Crippen LogP contribution is 2.27. The lowest BCUT2D eigenvalue weighted by Gasteiger charge is -2.13. The van der Waals surface area contributed by atoms with Crippen LogP contribution in [0, 0.1) is 0 Å². The van der Waals surface area contributed by atoms with Crippen molar-refractivity contribution in [3.8, 4) is 22.9 Å². The van der Waals surface area contributed by atoms with E-state index in [4.69, 9.17) is 10.6 Å². The van der Waals surface area contributed by atoms with E-state index in [1.54, 1.807) is 38.3 Å². The number of anilines is 1. The number of nitrogens with one attached hydrogen (secondary N) is 1. The summed E-state index contributed by atoms with van der Waals surface area (Å²) < 4.78 is 46.8. The van der Waals surface area contributed by atoms with E-state index in [9.17, 15) is 18.0 Å². The lowest BCUT2D eigenvalue weighted by atomic mass is 10.2. The quantitative estimate of drug-likeness (QED) is 0.415. The van der Waals surface area contributed by atoms with Crippen LogP contribution in [-0.2, 0) is 4.79 Å². The van der Waals surface area contributed by atoms with Gasteiger partial charge in [-0.25, -0.2) is 4.68 Å². The van der Waals surface area contributed by atoms with E-state index < -0.39 is 11.6 Å². The summed E-state index contributed by atoms with van der Waals surface area (Å²) in [7, 11) is 1.56. The molecule has 3 rings (SSSR count). The second kappa shape index (κ2) is 9.16. The summed E-state index contributed by atoms with van der Waals surface area (Å²) in [5, 5.41) is 10.4. The minimum Gasteiger partial charge on any atom is -0.497 e. The van der Waals surface area contributed by atoms with Crippen LogP contribution in [-0.4, -0.2) is 39.5 Å². The monoisotopic (exact) mass is 453 g/mol. The fourth-order valence-electron chi connectivity index (χ4n) is 2.49. The minimum absolute atomic E-state index is 0.320. The summed E-state index contributed by atoms with van der Waals surface area (Å²) in [5.74, 6) is 6.41. The highest BCUT2D eigenvalue weighted by atomic mass is 32.2. The number of nitrogen functional groups attached to an aromatic ring is 1. The van der Waals surface area contributed by atoms with Gasteiger partial charge in [-0.2, -0.15) is 0 Å². The summed E-state index contributed by atoms with van der Waals surface area (Å²) in [5.41, 5.74) is 1.04. The molecular formula is C19H18F3N5O3S. The third-order valence-corrected chi connectivity index (χ3v) is 5.08. The number of carbonyl (C=O) groups is 1. The molecule has 0 saturated carbocycles. The van der Waals surface area contributed by atoms with E-state index in [1.165, 1.54) is 16.8 Å². The number of methoxy groups -OCH3 is 1. The number of halogens is 3. The molecule has 3 aromatic rings. The number of benzene rings is 2. The molecule has 1 heterocycles. The van der Waals surface area contributed by atoms with Crippen molar-refractivity contribution in [1.82, 2.24) is 14.9 Å². The van der Waals surface area contributed by atoms with E-state index in [1.807, 2.05) is 0 Å². The number of nitrogens with zero attached hydrogens (tertiary/aromatic N) is 3. The highest BCUT2D eigenvalue weighted by molar-refractivity contribution is 8.00. The predicted octanol–water partition coefficient (Wildman–Crippen LogP) is 3.69. The van der Waals surface area contributed by atoms with E-state index >= 15 is 0 Å². The molecule has 31 heavy (non-hydrogen) atoms. The number of alkyl halides is 3. The molecule has 164 valence electrons. The maximum absolute atomic E-state index is 12.4. The summed E-state index contributed by atoms with van der Waals surface area (Å²) in [6.45, 7) is 1.64. The zero-order valence-corrected chi connectivity index (χ0v) is 17.2. The second-order valence-electron chi connectivity index (χ2n) is 6.23. The minimum atomic E-state index is -4.78. The number of aromatic nitrogens is 3. The molecule has 3 N–H and O–H groups in total. The first kappa shape index (κ1) is 22.3. The average Bonchev–Trinajstić information content (AvgIpc) is 3.08. The van der Waals surface area contributed by atoms with E-state index in [0.717, 1.165) is 29.5 Å². The molecule has 0 radical (unpaired) electrons. The first-order valence-electron chi connectivity index (χ1n) is 8.84. The van der Waals surface area contributed by atoms with Crippen LogP contribution in [0.5, 0.6) is 11.5 Å². The normalized spacial score (nSPS) is 12.3. The third-order valence-electron chi connectivity index (χ3n) is 4.02. The fraction of sp³-hybridized carbons (Fsp3) is 0.211. The zero-order valence-electron chi connectivity index (χ0n) is 16.4. The molecule has 0 fully saturated rings. The molecule has 8 nitrogen and oxygen atoms in total. The molecule has 0 spiro atoms. The van der Waals surface area contributed by atoms with Gasteiger partial charge < -0.3 is 20.6 Å². The molecule has 0 aliphatic carbocycles. The van der Waals surface area contributed by atoms with Gasteiger partial charge in [0, 0.05) is 11.3 Å². The Morgan fingerprint density at radius 2 is 1.71 bits per heavy atom. The summed E-state index contributed by atoms with van der Waals surface area (Å²) in [4.78, 5) is 12.4. The Labute approximate surface area is 179 Å². The third kappa shape index (κ3) is 5.81. The van der Waals surface area contributed by atoms with Gasteiger partial charge in [0.05, 0.1) is 12.4 Å². The van der Waals surface area contributed by atoms with E-state index in [0.29, 0.717) is 22.4 Å². The number of ether oxygens (including phenoxy) is 2. The molecular weight excluding hydrogens is 435 g/mol. The van der Waals surface area contributed by atoms with Gasteiger partial charge >= 0.3 is 6.36 Å². The van der Waals surface area contributed by atoms with Crippen molar-refractivity contribution in [2.75, 3.05) is 18.3 Å². The lowest BCUT2D eigenvalue weighted by Crippen LogP contribution is -2.23. The topological polar surface area (TPSA) is 104 Å². The number of amides is 1. The van der Waals surface area contributed by atoms with Crippen molar-refractivity contribution in [2.45, 2.75) is 23.7 Å². The molecule has 0 unspecified atom stereocenters. The van der Waals surface area contributed by atoms with Gasteiger partial charge in [0.2, 0.25) is 11.1 Å². The van der Waals surface area contributed by atoms with Crippen LogP contribution in [0.3, 0.4) is 0 Å². The molecule has 12 heteroatoms. The SMILES string of the molecule is COc1ccc(-c2nnc(S[C@@H](C)C(=O)Nc3ccc(OC(F)(F)F)cc3)n2N)cc1. The molecule has 0 saturated heterocycles. The predicted molar refractivity (Wildman–Crippen MR) is 109 cm³/mol. The first-order valence-corrected chi connectivity index (χ1v) is 9.72. The molecule has 1 aromatic heterocycles. The van der Waals surface area contributed by atoms with Crippen molar-refractivity contribution >= 4 is 23.4 Å². The first-order chi connectivity index (χ1) is 14.7. The van der Waals surface area contributed by atoms with Crippen LogP contribution in [0.1, 0.15) is 6.92 Å². The van der Waals surface area contributed by atoms with E-state index in [-0.39, 0.29) is 11.7 Å². The van der Waals surface area contributed by atoms with Gasteiger partial charge in [-0.05, 0) is 55.5 Å². The number of hydrogen-bond acceptors (Lipinski definition) is 7. The Morgan fingerprint density at radius 3 is 2.29 bits per heavy atom. The molecule has 2 aromatic carbocycles. The Balaban J connectivity index is 1.62. The smallest absolute Gasteiger partial charge is 0.497 e. The zero-order chi connectivity index (χ0) is 22.6. The van der Waals surface area contributed by atoms with Crippen LogP contribution >= 0.6 is 11.8 Å². The van der Waals surface area contributed by atoms with Crippen LogP contribution in [0.4, 0.5) is 18.9 Å². The Kier molecular flexibility index (Phi) is 6.59. The number of hydrogen-bond donors (Lipinski definition) is 2. The maximum atomic E-state index is 12.4. The number of rotatable bonds is 7. The summed E-state index contributed by atoms with van der Waals surface area (Å²) in [6.07, 6.45) is -4.78. The van der Waals surface area contributed by atoms with Crippen molar-refractivity contribution in [2.24, 2.45) is 0 Å². The van der Waals surface area contributed by atoms with Gasteiger partial charge in [-0.1, -0.05) is 11.8 Å². The number of thioether (sulfide) groups is 1. The standard InChI is InChI=1S/C19H18F3N5O3S/c1-11(17(28)24-13-5-9-15(10-6-13)30-19(20,21)22)31-18-26-25-16(27(18)23)12-3-7-14(29-2)8-4-12/h3-11H,23H2,1-2H3,(H,24,28)/t11-/m0/s1. The fourth-order valence-corrected chi connectivity index (χ4v) is 3.26. The van der Waals surface area contributed by atoms with Gasteiger partial charge in [0.25, 0.3) is 0 Å². The van der Waals surface area contributed by atoms with Crippen molar-refractivity contribution < 1.29 is 27.4 Å². The molecule has 0 bridgehead atoms. The Hall–Kier alpha value is -3.41. The largest absolute Gasteiger partial charge is 0.573 e. The van der Waals surface area contributed by atoms with Gasteiger partial charge in [0.1, 0.15) is 11.5 Å². The van der Waals surface area contributed by atoms with Gasteiger partial charge in [-0.3, -0.25) is 4.79 Å². The molecule has 0 aliphatic rings. The highest BCUT2D eigenvalue weighted by Gasteiger charge is 2.31. The van der Waals surface area contributed by atoms with Crippen LogP contribution in [0.15, 0.2) is 53.7 Å². The lowest BCUT2D eigenvalue weighted by molar-refractivity contribution is -0.274. The summed E-state index contributed by atoms with van der Waals surface area (Å²) >= 11 is 1.09. The van der Waals surface area contributed by atoms with Crippen LogP contribution in [0.2, 0.25) is 0 Å². The Morgan fingerprint density at radius 1 is 1.10 bits per heavy atom. The van der Waals surface area contributed by atoms with Crippen LogP contribution in [0.25, 0.3) is 11.4 Å². The molecule has 1 atom stereocenters. The average molecular weight is 453 g/mol. The van der Waals surface area contributed by atoms with Crippen molar-refractivity contribution in [3.63, 3.8) is 0 Å². The number of nitrogens with two attached hydrogens (primary N) is 1. The second-order valence-corrected chi connectivity index (χ2v) is 7.53. The number of carbonyl (C=O) groups excluding carboxylic acids is 1. The Bertz CT molecular complexity index is 1040. The van der Waals surface area contributed by atoms with Gasteiger partial charge in [-0.15, -0.1) is 23.4 Å². The molecule has 1 amide bonds. The van der Waals surface area contributed by atoms with Gasteiger partial charge in [0.15, 0.2) is 5.82 Å². The molecule has 0 aliphatic heterocycles. The summed E-state index contributed by atoms with van der Waals surface area (Å²) in [6, 6.07) is 11.9. The van der Waals surface area contributed by atoms with E-state index in [2.05, 4.69) is 20.3 Å². The van der Waals surface area contributed by atoms with Crippen molar-refractivity contribution in [1.29, 1.82) is 0 Å².